The molecule has 1 aromatic carbocycles. The van der Waals surface area contributed by atoms with Crippen LogP contribution in [0.2, 0.25) is 0 Å². The van der Waals surface area contributed by atoms with Gasteiger partial charge in [-0.3, -0.25) is 9.36 Å². The lowest BCUT2D eigenvalue weighted by Crippen LogP contribution is -2.31. The molecule has 2 aromatic heterocycles. The second-order valence-electron chi connectivity index (χ2n) is 6.05. The van der Waals surface area contributed by atoms with Crippen LogP contribution in [0.3, 0.4) is 0 Å². The van der Waals surface area contributed by atoms with Gasteiger partial charge in [-0.15, -0.1) is 0 Å². The molecule has 1 atom stereocenters. The number of hydrogen-bond acceptors (Lipinski definition) is 5. The number of carbonyl (C=O) groups excluding carboxylic acids is 2. The van der Waals surface area contributed by atoms with Crippen LogP contribution in [-0.2, 0) is 9.53 Å². The number of hydrogen-bond donors (Lipinski definition) is 1. The maximum absolute atomic E-state index is 13.7. The summed E-state index contributed by atoms with van der Waals surface area (Å²) in [6, 6.07) is 8.43. The summed E-state index contributed by atoms with van der Waals surface area (Å²) in [5.74, 6) is -3.59. The summed E-state index contributed by atoms with van der Waals surface area (Å²) in [4.78, 5) is 24.8. The molecule has 0 aliphatic rings. The molecule has 0 bridgehead atoms. The van der Waals surface area contributed by atoms with Gasteiger partial charge in [0.1, 0.15) is 40.3 Å². The zero-order chi connectivity index (χ0) is 21.1. The molecule has 0 fully saturated rings. The molecule has 1 unspecified atom stereocenters. The topological polar surface area (TPSA) is 97.3 Å². The fourth-order valence-electron chi connectivity index (χ4n) is 2.65. The largest absolute Gasteiger partial charge is 0.449 e. The van der Waals surface area contributed by atoms with Crippen LogP contribution in [0.4, 0.5) is 14.5 Å². The van der Waals surface area contributed by atoms with Crippen LogP contribution in [0.25, 0.3) is 5.88 Å². The Kier molecular flexibility index (Phi) is 5.45. The van der Waals surface area contributed by atoms with Gasteiger partial charge in [-0.1, -0.05) is 6.07 Å². The van der Waals surface area contributed by atoms with E-state index in [1.54, 1.807) is 24.5 Å². The fraction of sp³-hybridized carbons (Fsp3) is 0.150. The quantitative estimate of drug-likeness (QED) is 0.660. The Morgan fingerprint density at radius 2 is 1.83 bits per heavy atom. The molecule has 148 valence electrons. The van der Waals surface area contributed by atoms with Crippen molar-refractivity contribution < 1.29 is 27.5 Å². The van der Waals surface area contributed by atoms with Gasteiger partial charge >= 0.3 is 5.97 Å². The summed E-state index contributed by atoms with van der Waals surface area (Å²) < 4.78 is 39.5. The lowest BCUT2D eigenvalue weighted by molar-refractivity contribution is -0.123. The lowest BCUT2D eigenvalue weighted by atomic mass is 10.1. The maximum atomic E-state index is 13.7. The average molecular weight is 399 g/mol. The number of para-hydroxylation sites is 1. The minimum atomic E-state index is -1.39. The van der Waals surface area contributed by atoms with Crippen LogP contribution in [-0.4, -0.2) is 22.5 Å². The number of rotatable bonds is 5. The molecule has 2 heterocycles. The Balaban J connectivity index is 1.80. The first-order valence-electron chi connectivity index (χ1n) is 8.46. The van der Waals surface area contributed by atoms with Crippen molar-refractivity contribution in [3.63, 3.8) is 0 Å². The lowest BCUT2D eigenvalue weighted by Gasteiger charge is -2.14. The molecule has 3 rings (SSSR count). The molecule has 1 amide bonds. The predicted octanol–water partition coefficient (Wildman–Crippen LogP) is 3.71. The molecule has 9 heteroatoms. The van der Waals surface area contributed by atoms with Crippen molar-refractivity contribution in [3.8, 4) is 12.0 Å². The number of amides is 1. The highest BCUT2D eigenvalue weighted by Gasteiger charge is 2.29. The van der Waals surface area contributed by atoms with Crippen molar-refractivity contribution in [2.45, 2.75) is 20.0 Å². The van der Waals surface area contributed by atoms with E-state index < -0.39 is 35.3 Å². The van der Waals surface area contributed by atoms with Crippen LogP contribution in [0.15, 0.2) is 47.1 Å². The Bertz CT molecular complexity index is 1090. The summed E-state index contributed by atoms with van der Waals surface area (Å²) in [5, 5.41) is 11.5. The highest BCUT2D eigenvalue weighted by atomic mass is 19.1. The molecule has 0 aliphatic heterocycles. The van der Waals surface area contributed by atoms with Gasteiger partial charge in [0, 0.05) is 12.4 Å². The molecular weight excluding hydrogens is 384 g/mol. The van der Waals surface area contributed by atoms with Crippen molar-refractivity contribution in [1.29, 1.82) is 5.26 Å². The average Bonchev–Trinajstić information content (AvgIpc) is 3.31. The van der Waals surface area contributed by atoms with Crippen molar-refractivity contribution in [1.82, 2.24) is 4.57 Å². The van der Waals surface area contributed by atoms with E-state index in [0.717, 1.165) is 18.2 Å². The number of carbonyl (C=O) groups is 2. The minimum Gasteiger partial charge on any atom is -0.449 e. The van der Waals surface area contributed by atoms with Crippen LogP contribution in [0.5, 0.6) is 0 Å². The zero-order valence-corrected chi connectivity index (χ0v) is 15.4. The molecule has 0 saturated heterocycles. The number of halogens is 2. The third kappa shape index (κ3) is 3.87. The van der Waals surface area contributed by atoms with E-state index in [2.05, 4.69) is 0 Å². The second-order valence-corrected chi connectivity index (χ2v) is 6.05. The van der Waals surface area contributed by atoms with Gasteiger partial charge in [-0.25, -0.2) is 13.6 Å². The first-order chi connectivity index (χ1) is 13.8. The molecule has 0 saturated carbocycles. The summed E-state index contributed by atoms with van der Waals surface area (Å²) in [7, 11) is 0. The van der Waals surface area contributed by atoms with Gasteiger partial charge in [0.2, 0.25) is 5.88 Å². The number of ether oxygens (including phenoxy) is 1. The SMILES string of the molecule is Cc1oc(-n2cccc2)c(C#N)c1C(=O)OC(C)C(=O)Nc1c(F)cccc1F. The van der Waals surface area contributed by atoms with Crippen molar-refractivity contribution in [2.75, 3.05) is 5.32 Å². The molecule has 7 nitrogen and oxygen atoms in total. The standard InChI is InChI=1S/C20H15F2N3O4/c1-11-16(13(10-23)19(28-11)25-8-3-4-9-25)20(27)29-12(2)18(26)24-17-14(21)6-5-7-15(17)22/h3-9,12H,1-2H3,(H,24,26). The van der Waals surface area contributed by atoms with Crippen molar-refractivity contribution in [2.24, 2.45) is 0 Å². The number of anilines is 1. The first-order valence-corrected chi connectivity index (χ1v) is 8.46. The van der Waals surface area contributed by atoms with E-state index in [1.165, 1.54) is 18.4 Å². The molecule has 3 aromatic rings. The normalized spacial score (nSPS) is 11.6. The third-order valence-corrected chi connectivity index (χ3v) is 4.08. The summed E-state index contributed by atoms with van der Waals surface area (Å²) in [6.45, 7) is 2.71. The highest BCUT2D eigenvalue weighted by Crippen LogP contribution is 2.26. The number of aryl methyl sites for hydroxylation is 1. The van der Waals surface area contributed by atoms with Crippen LogP contribution >= 0.6 is 0 Å². The van der Waals surface area contributed by atoms with E-state index in [-0.39, 0.29) is 22.8 Å². The first kappa shape index (κ1) is 19.8. The zero-order valence-electron chi connectivity index (χ0n) is 15.4. The van der Waals surface area contributed by atoms with Gasteiger partial charge in [0.15, 0.2) is 6.10 Å². The smallest absolute Gasteiger partial charge is 0.343 e. The third-order valence-electron chi connectivity index (χ3n) is 4.08. The van der Waals surface area contributed by atoms with E-state index in [9.17, 15) is 23.6 Å². The van der Waals surface area contributed by atoms with Gasteiger partial charge in [-0.05, 0) is 38.1 Å². The van der Waals surface area contributed by atoms with Gasteiger partial charge in [0.25, 0.3) is 5.91 Å². The Labute approximate surface area is 164 Å². The van der Waals surface area contributed by atoms with E-state index in [0.29, 0.717) is 0 Å². The fourth-order valence-corrected chi connectivity index (χ4v) is 2.65. The number of furan rings is 1. The Hall–Kier alpha value is -3.93. The van der Waals surface area contributed by atoms with Gasteiger partial charge in [-0.2, -0.15) is 5.26 Å². The molecule has 1 N–H and O–H groups in total. The number of benzene rings is 1. The summed E-state index contributed by atoms with van der Waals surface area (Å²) >= 11 is 0. The number of nitrogens with zero attached hydrogens (tertiary/aromatic N) is 2. The number of aromatic nitrogens is 1. The number of nitriles is 1. The minimum absolute atomic E-state index is 0.0588. The highest BCUT2D eigenvalue weighted by molar-refractivity contribution is 5.99. The number of esters is 1. The van der Waals surface area contributed by atoms with Crippen LogP contribution in [0, 0.1) is 29.9 Å². The summed E-state index contributed by atoms with van der Waals surface area (Å²) in [6.07, 6.45) is 1.87. The molecular formula is C20H15F2N3O4. The molecule has 29 heavy (non-hydrogen) atoms. The summed E-state index contributed by atoms with van der Waals surface area (Å²) in [5.41, 5.74) is -0.836. The monoisotopic (exact) mass is 399 g/mol. The van der Waals surface area contributed by atoms with Gasteiger partial charge < -0.3 is 14.5 Å². The van der Waals surface area contributed by atoms with Crippen molar-refractivity contribution in [3.05, 3.63) is 71.2 Å². The van der Waals surface area contributed by atoms with E-state index >= 15 is 0 Å². The molecule has 0 aliphatic carbocycles. The maximum Gasteiger partial charge on any atom is 0.343 e. The Morgan fingerprint density at radius 1 is 1.21 bits per heavy atom. The van der Waals surface area contributed by atoms with Crippen LogP contribution in [0.1, 0.15) is 28.6 Å². The molecule has 0 radical (unpaired) electrons. The van der Waals surface area contributed by atoms with Gasteiger partial charge in [0.05, 0.1) is 0 Å². The van der Waals surface area contributed by atoms with Crippen LogP contribution < -0.4 is 5.32 Å². The molecule has 0 spiro atoms. The van der Waals surface area contributed by atoms with Crippen molar-refractivity contribution >= 4 is 17.6 Å². The van der Waals surface area contributed by atoms with E-state index in [4.69, 9.17) is 9.15 Å². The predicted molar refractivity (Wildman–Crippen MR) is 97.4 cm³/mol. The Morgan fingerprint density at radius 3 is 2.41 bits per heavy atom. The van der Waals surface area contributed by atoms with E-state index in [1.807, 2.05) is 11.4 Å². The number of nitrogens with one attached hydrogen (secondary N) is 1. The second kappa shape index (κ2) is 7.98.